The standard InChI is InChI=1S/C84H90O4/c1-87-21(85)15-9-17-79(19-11-5-3-6-12-19)81-71-55-39-23-25-43-31-27(39)47-35-37-49-29-33-45-26-24-41(29)57(73(81)65(49)63(47)71)58-42(24)30-34-46(26)62-61(45)77-69(53(33)37)67(51(31)35)75-59(43)60-44(25)32-28-40(23)56(55)72-64-48(28)36-38(50(30)66(64)74(58)82(72,79)81)54(34)70-68(52(32)36)76(60)84(78(62)70)80(83(75,77)84,18-10-16-22(86)88-2)20-13-7-4-8-14-20/h3,5-6,11-12,20,23-78H,4,7-10,13-18H2,1-2H3. The molecule has 35 aliphatic carbocycles. The van der Waals surface area contributed by atoms with Gasteiger partial charge in [0.2, 0.25) is 0 Å². The van der Waals surface area contributed by atoms with E-state index in [0.29, 0.717) is 33.5 Å². The maximum atomic E-state index is 14.1. The van der Waals surface area contributed by atoms with Crippen LogP contribution in [0.1, 0.15) is 76.2 Å². The van der Waals surface area contributed by atoms with Gasteiger partial charge in [0.15, 0.2) is 0 Å². The van der Waals surface area contributed by atoms with Crippen molar-refractivity contribution in [3.05, 3.63) is 35.9 Å². The number of methoxy groups -OCH3 is 2. The van der Waals surface area contributed by atoms with Crippen molar-refractivity contribution in [2.24, 2.45) is 364 Å². The molecule has 0 aromatic heterocycles. The summed E-state index contributed by atoms with van der Waals surface area (Å²) in [5.41, 5.74) is 5.06. The number of rotatable bonds is 10. The van der Waals surface area contributed by atoms with Crippen LogP contribution in [0.25, 0.3) is 0 Å². The van der Waals surface area contributed by atoms with Crippen LogP contribution in [-0.4, -0.2) is 26.2 Å². The van der Waals surface area contributed by atoms with Crippen molar-refractivity contribution in [1.29, 1.82) is 0 Å². The van der Waals surface area contributed by atoms with Crippen molar-refractivity contribution in [2.45, 2.75) is 76.0 Å². The Kier molecular flexibility index (Phi) is 5.50. The molecule has 35 fully saturated rings. The third-order valence-corrected chi connectivity index (χ3v) is 49.3. The SMILES string of the molecule is COC(=O)CCCC1(c2ccccc2)C23C4C5C6C7C8C9C%10C6C6C%11C%12C%13C%14C%15C%12C%12C(C%11%10)C%10C9C9C8C8C%11C7C5C5C7C%11C%11C%16C%17C%18C%19C%16C%16C(C%118)C9C89C%16C%11C%19C(C%16C%14C(C(C%16%18)C(C%177)C512)C3C%13C64)C%15C%11C%12C%108C9(CCCC(=O)OC)C1CCCCC1. The molecule has 36 rings (SSSR count). The monoisotopic (exact) mass is 1160 g/mol. The molecule has 0 saturated heterocycles. The summed E-state index contributed by atoms with van der Waals surface area (Å²) in [6, 6.07) is 13.5. The average molecular weight is 1160 g/mol. The Morgan fingerprint density at radius 3 is 0.818 bits per heavy atom. The van der Waals surface area contributed by atoms with Crippen molar-refractivity contribution in [2.75, 3.05) is 14.2 Å². The Hall–Kier alpha value is -1.84. The van der Waals surface area contributed by atoms with E-state index in [4.69, 9.17) is 9.47 Å². The molecule has 4 heteroatoms. The predicted octanol–water partition coefficient (Wildman–Crippen LogP) is 12.1. The molecule has 52 unspecified atom stereocenters. The van der Waals surface area contributed by atoms with Gasteiger partial charge in [-0.15, -0.1) is 0 Å². The molecule has 88 heavy (non-hydrogen) atoms. The molecule has 0 heterocycles. The van der Waals surface area contributed by atoms with Crippen LogP contribution in [0.15, 0.2) is 30.3 Å². The Morgan fingerprint density at radius 2 is 0.557 bits per heavy atom. The van der Waals surface area contributed by atoms with Gasteiger partial charge in [0.1, 0.15) is 0 Å². The van der Waals surface area contributed by atoms with E-state index in [2.05, 4.69) is 30.3 Å². The van der Waals surface area contributed by atoms with E-state index in [9.17, 15) is 9.59 Å². The highest BCUT2D eigenvalue weighted by molar-refractivity contribution is 5.70. The largest absolute Gasteiger partial charge is 0.469 e. The molecule has 0 amide bonds. The number of esters is 2. The molecule has 1 aromatic carbocycles. The lowest BCUT2D eigenvalue weighted by Gasteiger charge is -2.65. The first-order valence-electron chi connectivity index (χ1n) is 40.8. The lowest BCUT2D eigenvalue weighted by atomic mass is 9.39. The highest BCUT2D eigenvalue weighted by Gasteiger charge is 3.15. The average Bonchev–Trinajstić information content (AvgIpc) is 1.36. The Morgan fingerprint density at radius 1 is 0.318 bits per heavy atom. The number of carbonyl (C=O) groups is 2. The summed E-state index contributed by atoms with van der Waals surface area (Å²) in [7, 11) is 3.49. The first-order chi connectivity index (χ1) is 43.6. The van der Waals surface area contributed by atoms with Gasteiger partial charge in [0.25, 0.3) is 0 Å². The second-order valence-corrected chi connectivity index (χ2v) is 43.8. The summed E-state index contributed by atoms with van der Waals surface area (Å²) < 4.78 is 11.6. The molecule has 4 nitrogen and oxygen atoms in total. The van der Waals surface area contributed by atoms with Gasteiger partial charge in [0.05, 0.1) is 14.2 Å². The summed E-state index contributed by atoms with van der Waals surface area (Å²) in [4.78, 5) is 28.1. The van der Waals surface area contributed by atoms with E-state index in [0.717, 1.165) is 350 Å². The van der Waals surface area contributed by atoms with Crippen molar-refractivity contribution in [3.8, 4) is 0 Å². The minimum absolute atomic E-state index is 0.110. The third-order valence-electron chi connectivity index (χ3n) is 49.3. The van der Waals surface area contributed by atoms with Gasteiger partial charge >= 0.3 is 11.9 Å². The lowest BCUT2D eigenvalue weighted by Crippen LogP contribution is -2.62. The first kappa shape index (κ1) is 43.3. The molecule has 0 N–H and O–H groups in total. The molecular weight excluding hydrogens is 1070 g/mol. The fourth-order valence-electron chi connectivity index (χ4n) is 56.1. The minimum Gasteiger partial charge on any atom is -0.469 e. The van der Waals surface area contributed by atoms with Crippen LogP contribution >= 0.6 is 0 Å². The number of hydrogen-bond acceptors (Lipinski definition) is 4. The van der Waals surface area contributed by atoms with Gasteiger partial charge in [0, 0.05) is 18.3 Å². The molecule has 450 valence electrons. The molecule has 52 atom stereocenters. The van der Waals surface area contributed by atoms with Crippen LogP contribution in [0.2, 0.25) is 0 Å². The van der Waals surface area contributed by atoms with Gasteiger partial charge in [-0.05, 0) is 408 Å². The Bertz CT molecular complexity index is 3570. The van der Waals surface area contributed by atoms with Gasteiger partial charge in [-0.2, -0.15) is 0 Å². The van der Waals surface area contributed by atoms with E-state index < -0.39 is 0 Å². The van der Waals surface area contributed by atoms with E-state index in [1.165, 1.54) is 25.7 Å². The summed E-state index contributed by atoms with van der Waals surface area (Å²) in [5, 5.41) is 0. The molecule has 35 aliphatic rings. The zero-order valence-electron chi connectivity index (χ0n) is 51.7. The van der Waals surface area contributed by atoms with E-state index in [-0.39, 0.29) is 17.4 Å². The molecule has 1 aromatic rings. The normalized spacial score (nSPS) is 86.0. The molecule has 0 radical (unpaired) electrons. The second-order valence-electron chi connectivity index (χ2n) is 43.8. The van der Waals surface area contributed by atoms with Crippen LogP contribution in [-0.2, 0) is 24.5 Å². The topological polar surface area (TPSA) is 52.6 Å². The van der Waals surface area contributed by atoms with Crippen molar-refractivity contribution in [1.82, 2.24) is 0 Å². The van der Waals surface area contributed by atoms with Gasteiger partial charge < -0.3 is 9.47 Å². The first-order valence-corrected chi connectivity index (χ1v) is 40.8. The fraction of sp³-hybridized carbons (Fsp3) is 0.905. The van der Waals surface area contributed by atoms with Crippen LogP contribution in [0.5, 0.6) is 0 Å². The van der Waals surface area contributed by atoms with Gasteiger partial charge in [-0.25, -0.2) is 0 Å². The van der Waals surface area contributed by atoms with E-state index in [1.807, 2.05) is 5.56 Å². The zero-order chi connectivity index (χ0) is 54.4. The quantitative estimate of drug-likeness (QED) is 0.219. The fourth-order valence-corrected chi connectivity index (χ4v) is 56.1. The maximum Gasteiger partial charge on any atom is 0.305 e. The van der Waals surface area contributed by atoms with E-state index in [1.54, 1.807) is 39.9 Å². The third kappa shape index (κ3) is 2.72. The number of hydrogen-bond donors (Lipinski definition) is 0. The summed E-state index contributed by atoms with van der Waals surface area (Å²) >= 11 is 0. The highest BCUT2D eigenvalue weighted by atomic mass is 16.5. The molecule has 4 spiro atoms. The van der Waals surface area contributed by atoms with Crippen LogP contribution in [0, 0.1) is 364 Å². The van der Waals surface area contributed by atoms with Gasteiger partial charge in [-0.1, -0.05) is 49.6 Å². The Labute approximate surface area is 518 Å². The van der Waals surface area contributed by atoms with Crippen molar-refractivity contribution < 1.29 is 19.1 Å². The molecule has 0 aliphatic heterocycles. The molecular formula is C84H90O4. The lowest BCUT2D eigenvalue weighted by molar-refractivity contribution is -0.183. The second kappa shape index (κ2) is 11.2. The van der Waals surface area contributed by atoms with Crippen LogP contribution < -0.4 is 0 Å². The molecule has 35 saturated carbocycles. The molecule has 0 bridgehead atoms. The number of carbonyl (C=O) groups excluding carboxylic acids is 2. The minimum atomic E-state index is 0.110. The smallest absolute Gasteiger partial charge is 0.305 e. The van der Waals surface area contributed by atoms with Gasteiger partial charge in [-0.3, -0.25) is 9.59 Å². The van der Waals surface area contributed by atoms with Crippen LogP contribution in [0.3, 0.4) is 0 Å². The maximum absolute atomic E-state index is 14.1. The Balaban J connectivity index is 0.766. The van der Waals surface area contributed by atoms with Crippen molar-refractivity contribution >= 4 is 11.9 Å². The summed E-state index contributed by atoms with van der Waals surface area (Å²) in [6.07, 6.45) is 14.4. The summed E-state index contributed by atoms with van der Waals surface area (Å²) in [6.45, 7) is 0. The van der Waals surface area contributed by atoms with E-state index >= 15 is 0 Å². The van der Waals surface area contributed by atoms with Crippen molar-refractivity contribution in [3.63, 3.8) is 0 Å². The highest BCUT2D eigenvalue weighted by Crippen LogP contribution is 3.18. The predicted molar refractivity (Wildman–Crippen MR) is 314 cm³/mol. The van der Waals surface area contributed by atoms with Crippen LogP contribution in [0.4, 0.5) is 0 Å². The number of ether oxygens (including phenoxy) is 2. The number of benzene rings is 1. The zero-order valence-corrected chi connectivity index (χ0v) is 51.7. The summed E-state index contributed by atoms with van der Waals surface area (Å²) in [5.74, 6) is 63.9.